The quantitative estimate of drug-likeness (QED) is 0.565. The average Bonchev–Trinajstić information content (AvgIpc) is 2.57. The summed E-state index contributed by atoms with van der Waals surface area (Å²) in [6.45, 7) is 1.99. The minimum Gasteiger partial charge on any atom is -0.481 e. The average molecular weight is 354 g/mol. The number of rotatable bonds is 9. The molecule has 0 aliphatic carbocycles. The first-order chi connectivity index (χ1) is 11.3. The lowest BCUT2D eigenvalue weighted by atomic mass is 10.2. The Morgan fingerprint density at radius 1 is 1.29 bits per heavy atom. The Bertz CT molecular complexity index is 567. The normalized spacial score (nSPS) is 14.3. The van der Waals surface area contributed by atoms with Crippen LogP contribution in [-0.4, -0.2) is 47.9 Å². The zero-order chi connectivity index (χ0) is 18.1. The van der Waals surface area contributed by atoms with E-state index in [0.29, 0.717) is 0 Å². The zero-order valence-electron chi connectivity index (χ0n) is 13.6. The van der Waals surface area contributed by atoms with Crippen LogP contribution in [0, 0.1) is 0 Å². The smallest absolute Gasteiger partial charge is 0.329 e. The molecule has 3 atom stereocenters. The number of nitrogens with one attached hydrogen (secondary N) is 1. The van der Waals surface area contributed by atoms with E-state index in [0.717, 1.165) is 5.56 Å². The first-order valence-corrected chi connectivity index (χ1v) is 8.42. The van der Waals surface area contributed by atoms with Crippen molar-refractivity contribution in [1.29, 1.82) is 0 Å². The van der Waals surface area contributed by atoms with Crippen LogP contribution in [0.15, 0.2) is 30.3 Å². The molecule has 1 rings (SSSR count). The minimum atomic E-state index is -1.22. The summed E-state index contributed by atoms with van der Waals surface area (Å²) in [7, 11) is 1.23. The van der Waals surface area contributed by atoms with Crippen LogP contribution in [0.3, 0.4) is 0 Å². The number of amides is 1. The van der Waals surface area contributed by atoms with Gasteiger partial charge in [0, 0.05) is 11.0 Å². The first-order valence-electron chi connectivity index (χ1n) is 7.37. The van der Waals surface area contributed by atoms with E-state index in [9.17, 15) is 14.4 Å². The highest BCUT2D eigenvalue weighted by atomic mass is 32.2. The number of esters is 1. The number of hydrogen-bond donors (Lipinski definition) is 3. The summed E-state index contributed by atoms with van der Waals surface area (Å²) in [5, 5.41) is 11.2. The lowest BCUT2D eigenvalue weighted by Gasteiger charge is -2.20. The van der Waals surface area contributed by atoms with Crippen LogP contribution in [0.1, 0.15) is 24.2 Å². The number of carbonyl (C=O) groups excluding carboxylic acids is 2. The van der Waals surface area contributed by atoms with Crippen LogP contribution in [-0.2, 0) is 19.1 Å². The highest BCUT2D eigenvalue weighted by molar-refractivity contribution is 7.99. The molecule has 0 bridgehead atoms. The number of carboxylic acid groups (broad SMARTS) is 1. The number of methoxy groups -OCH3 is 1. The van der Waals surface area contributed by atoms with Crippen LogP contribution >= 0.6 is 11.8 Å². The Balaban J connectivity index is 2.64. The number of ether oxygens (including phenoxy) is 1. The van der Waals surface area contributed by atoms with Gasteiger partial charge in [-0.2, -0.15) is 11.8 Å². The topological polar surface area (TPSA) is 119 Å². The van der Waals surface area contributed by atoms with Crippen LogP contribution in [0.25, 0.3) is 0 Å². The van der Waals surface area contributed by atoms with E-state index >= 15 is 0 Å². The molecule has 1 unspecified atom stereocenters. The van der Waals surface area contributed by atoms with E-state index in [1.807, 2.05) is 37.3 Å². The Kier molecular flexibility index (Phi) is 8.28. The third kappa shape index (κ3) is 6.59. The Morgan fingerprint density at radius 3 is 2.46 bits per heavy atom. The number of aliphatic carboxylic acids is 1. The second kappa shape index (κ2) is 9.94. The molecule has 4 N–H and O–H groups in total. The first kappa shape index (κ1) is 20.0. The van der Waals surface area contributed by atoms with Crippen LogP contribution in [0.4, 0.5) is 0 Å². The summed E-state index contributed by atoms with van der Waals surface area (Å²) in [6, 6.07) is 7.62. The largest absolute Gasteiger partial charge is 0.481 e. The lowest BCUT2D eigenvalue weighted by molar-refractivity contribution is -0.144. The third-order valence-corrected chi connectivity index (χ3v) is 4.61. The fraction of sp³-hybridized carbons (Fsp3) is 0.438. The number of hydrogen-bond acceptors (Lipinski definition) is 6. The molecule has 0 saturated carbocycles. The van der Waals surface area contributed by atoms with Crippen molar-refractivity contribution in [2.45, 2.75) is 30.7 Å². The van der Waals surface area contributed by atoms with Gasteiger partial charge in [0.05, 0.1) is 19.6 Å². The van der Waals surface area contributed by atoms with Gasteiger partial charge in [-0.05, 0) is 12.5 Å². The van der Waals surface area contributed by atoms with Gasteiger partial charge in [-0.3, -0.25) is 9.59 Å². The third-order valence-electron chi connectivity index (χ3n) is 3.32. The SMILES string of the molecule is COC(=O)[C@H](CSC(C)c1ccccc1)NC(=O)[C@@H](N)CC(=O)O. The van der Waals surface area contributed by atoms with Crippen molar-refractivity contribution in [2.75, 3.05) is 12.9 Å². The van der Waals surface area contributed by atoms with E-state index < -0.39 is 36.4 Å². The highest BCUT2D eigenvalue weighted by Gasteiger charge is 2.26. The Hall–Kier alpha value is -2.06. The number of carbonyl (C=O) groups is 3. The van der Waals surface area contributed by atoms with Gasteiger partial charge in [0.25, 0.3) is 0 Å². The van der Waals surface area contributed by atoms with Gasteiger partial charge in [0.1, 0.15) is 6.04 Å². The molecular formula is C16H22N2O5S. The van der Waals surface area contributed by atoms with E-state index in [1.165, 1.54) is 18.9 Å². The van der Waals surface area contributed by atoms with Gasteiger partial charge >= 0.3 is 11.9 Å². The standard InChI is InChI=1S/C16H22N2O5S/c1-10(11-6-4-3-5-7-11)24-9-13(16(22)23-2)18-15(21)12(17)8-14(19)20/h3-7,10,12-13H,8-9,17H2,1-2H3,(H,18,21)(H,19,20)/t10?,12-,13-/m0/s1. The van der Waals surface area contributed by atoms with Crippen molar-refractivity contribution >= 4 is 29.6 Å². The molecule has 0 aromatic heterocycles. The van der Waals surface area contributed by atoms with Gasteiger partial charge in [0.2, 0.25) is 5.91 Å². The summed E-state index contributed by atoms with van der Waals surface area (Å²) in [5.74, 6) is -2.19. The fourth-order valence-electron chi connectivity index (χ4n) is 1.93. The molecule has 0 fully saturated rings. The molecule has 0 saturated heterocycles. The van der Waals surface area contributed by atoms with E-state index in [2.05, 4.69) is 10.1 Å². The van der Waals surface area contributed by atoms with E-state index in [-0.39, 0.29) is 11.0 Å². The number of nitrogens with two attached hydrogens (primary N) is 1. The van der Waals surface area contributed by atoms with Crippen LogP contribution in [0.2, 0.25) is 0 Å². The monoisotopic (exact) mass is 354 g/mol. The van der Waals surface area contributed by atoms with Crippen molar-refractivity contribution in [2.24, 2.45) is 5.73 Å². The van der Waals surface area contributed by atoms with Gasteiger partial charge in [0.15, 0.2) is 0 Å². The molecule has 132 valence electrons. The lowest BCUT2D eigenvalue weighted by Crippen LogP contribution is -2.50. The van der Waals surface area contributed by atoms with E-state index in [1.54, 1.807) is 0 Å². The minimum absolute atomic E-state index is 0.114. The highest BCUT2D eigenvalue weighted by Crippen LogP contribution is 2.28. The number of benzene rings is 1. The number of thioether (sulfide) groups is 1. The second-order valence-electron chi connectivity index (χ2n) is 5.17. The second-order valence-corrected chi connectivity index (χ2v) is 6.55. The Labute approximate surface area is 144 Å². The van der Waals surface area contributed by atoms with E-state index in [4.69, 9.17) is 10.8 Å². The Morgan fingerprint density at radius 2 is 1.92 bits per heavy atom. The molecular weight excluding hydrogens is 332 g/mol. The summed E-state index contributed by atoms with van der Waals surface area (Å²) in [4.78, 5) is 34.3. The fourth-order valence-corrected chi connectivity index (χ4v) is 2.98. The molecule has 0 aliphatic rings. The van der Waals surface area contributed by atoms with Gasteiger partial charge in [-0.1, -0.05) is 30.3 Å². The molecule has 0 spiro atoms. The van der Waals surface area contributed by atoms with Gasteiger partial charge < -0.3 is 20.9 Å². The summed E-state index contributed by atoms with van der Waals surface area (Å²) < 4.78 is 4.69. The molecule has 0 radical (unpaired) electrons. The molecule has 1 amide bonds. The predicted molar refractivity (Wildman–Crippen MR) is 91.5 cm³/mol. The maximum Gasteiger partial charge on any atom is 0.329 e. The van der Waals surface area contributed by atoms with Gasteiger partial charge in [-0.15, -0.1) is 0 Å². The van der Waals surface area contributed by atoms with Gasteiger partial charge in [-0.25, -0.2) is 4.79 Å². The number of carboxylic acids is 1. The van der Waals surface area contributed by atoms with Crippen molar-refractivity contribution in [3.8, 4) is 0 Å². The van der Waals surface area contributed by atoms with Crippen molar-refractivity contribution in [3.63, 3.8) is 0 Å². The van der Waals surface area contributed by atoms with Crippen molar-refractivity contribution < 1.29 is 24.2 Å². The predicted octanol–water partition coefficient (Wildman–Crippen LogP) is 0.941. The maximum absolute atomic E-state index is 11.9. The molecule has 0 heterocycles. The zero-order valence-corrected chi connectivity index (χ0v) is 14.4. The molecule has 8 heteroatoms. The van der Waals surface area contributed by atoms with Crippen molar-refractivity contribution in [3.05, 3.63) is 35.9 Å². The molecule has 1 aromatic carbocycles. The summed E-state index contributed by atoms with van der Waals surface area (Å²) >= 11 is 1.48. The molecule has 0 aliphatic heterocycles. The van der Waals surface area contributed by atoms with Crippen LogP contribution in [0.5, 0.6) is 0 Å². The van der Waals surface area contributed by atoms with Crippen molar-refractivity contribution in [1.82, 2.24) is 5.32 Å². The van der Waals surface area contributed by atoms with Crippen LogP contribution < -0.4 is 11.1 Å². The molecule has 1 aromatic rings. The maximum atomic E-state index is 11.9. The molecule has 24 heavy (non-hydrogen) atoms. The summed E-state index contributed by atoms with van der Waals surface area (Å²) in [6.07, 6.45) is -0.507. The molecule has 7 nitrogen and oxygen atoms in total. The summed E-state index contributed by atoms with van der Waals surface area (Å²) in [5.41, 5.74) is 6.60.